The van der Waals surface area contributed by atoms with Crippen LogP contribution in [-0.2, 0) is 4.79 Å². The van der Waals surface area contributed by atoms with Gasteiger partial charge in [0, 0.05) is 11.1 Å². The van der Waals surface area contributed by atoms with E-state index in [1.54, 1.807) is 5.06 Å². The Balaban J connectivity index is 1.83. The third-order valence-corrected chi connectivity index (χ3v) is 3.97. The number of benzene rings is 1. The van der Waals surface area contributed by atoms with E-state index < -0.39 is 0 Å². The molecular formula is C14H12N2O2S. The molecule has 0 aliphatic carbocycles. The average molecular weight is 272 g/mol. The third kappa shape index (κ3) is 2.37. The number of hydrogen-bond donors (Lipinski definition) is 1. The van der Waals surface area contributed by atoms with Crippen LogP contribution in [0.1, 0.15) is 0 Å². The third-order valence-electron chi connectivity index (χ3n) is 2.75. The Labute approximate surface area is 115 Å². The van der Waals surface area contributed by atoms with E-state index in [9.17, 15) is 4.79 Å². The van der Waals surface area contributed by atoms with Crippen LogP contribution < -0.4 is 10.6 Å². The molecule has 0 radical (unpaired) electrons. The highest BCUT2D eigenvalue weighted by atomic mass is 32.2. The summed E-state index contributed by atoms with van der Waals surface area (Å²) >= 11 is 1.44. The zero-order chi connectivity index (χ0) is 13.2. The lowest BCUT2D eigenvalue weighted by atomic mass is 10.2. The van der Waals surface area contributed by atoms with Crippen LogP contribution in [0.15, 0.2) is 65.4 Å². The molecule has 0 bridgehead atoms. The Kier molecular flexibility index (Phi) is 3.05. The first kappa shape index (κ1) is 11.9. The van der Waals surface area contributed by atoms with Gasteiger partial charge in [0.15, 0.2) is 5.75 Å². The van der Waals surface area contributed by atoms with Crippen LogP contribution in [0.2, 0.25) is 0 Å². The van der Waals surface area contributed by atoms with Crippen molar-refractivity contribution in [3.05, 3.63) is 65.4 Å². The number of carbonyl (C=O) groups is 1. The first-order valence-electron chi connectivity index (χ1n) is 5.83. The van der Waals surface area contributed by atoms with Crippen LogP contribution >= 0.6 is 11.8 Å². The maximum Gasteiger partial charge on any atom is 0.234 e. The van der Waals surface area contributed by atoms with Gasteiger partial charge in [-0.25, -0.2) is 0 Å². The fraction of sp³-hybridized carbons (Fsp3) is 0.0714. The van der Waals surface area contributed by atoms with Gasteiger partial charge in [-0.2, -0.15) is 5.06 Å². The Hall–Kier alpha value is -2.14. The largest absolute Gasteiger partial charge is 0.375 e. The number of para-hydroxylation sites is 1. The lowest BCUT2D eigenvalue weighted by Crippen LogP contribution is -2.23. The zero-order valence-corrected chi connectivity index (χ0v) is 10.8. The van der Waals surface area contributed by atoms with Crippen molar-refractivity contribution in [2.24, 2.45) is 5.73 Å². The van der Waals surface area contributed by atoms with Gasteiger partial charge in [0.2, 0.25) is 5.91 Å². The second-order valence-corrected chi connectivity index (χ2v) is 5.28. The molecule has 3 rings (SSSR count). The number of carbonyl (C=O) groups excluding carboxylic acids is 1. The van der Waals surface area contributed by atoms with E-state index >= 15 is 0 Å². The smallest absolute Gasteiger partial charge is 0.234 e. The minimum absolute atomic E-state index is 0.331. The molecular weight excluding hydrogens is 260 g/mol. The fourth-order valence-corrected chi connectivity index (χ4v) is 2.89. The van der Waals surface area contributed by atoms with Crippen molar-refractivity contribution in [3.63, 3.8) is 0 Å². The number of nitrogens with zero attached hydrogens (tertiary/aromatic N) is 1. The summed E-state index contributed by atoms with van der Waals surface area (Å²) in [5.41, 5.74) is 6.20. The topological polar surface area (TPSA) is 55.6 Å². The van der Waals surface area contributed by atoms with Gasteiger partial charge >= 0.3 is 0 Å². The van der Waals surface area contributed by atoms with E-state index in [1.807, 2.05) is 54.8 Å². The fourth-order valence-electron chi connectivity index (χ4n) is 1.87. The summed E-state index contributed by atoms with van der Waals surface area (Å²) in [6.45, 7) is 0. The molecule has 1 amide bonds. The molecule has 2 N–H and O–H groups in total. The molecule has 2 aliphatic rings. The molecule has 19 heavy (non-hydrogen) atoms. The molecule has 0 spiro atoms. The van der Waals surface area contributed by atoms with Crippen LogP contribution in [0, 0.1) is 0 Å². The van der Waals surface area contributed by atoms with E-state index in [2.05, 4.69) is 0 Å². The first-order valence-corrected chi connectivity index (χ1v) is 6.71. The highest BCUT2D eigenvalue weighted by Gasteiger charge is 2.30. The van der Waals surface area contributed by atoms with Gasteiger partial charge in [-0.1, -0.05) is 18.2 Å². The van der Waals surface area contributed by atoms with Crippen molar-refractivity contribution in [1.29, 1.82) is 0 Å². The zero-order valence-electron chi connectivity index (χ0n) is 10.0. The second kappa shape index (κ2) is 4.85. The van der Waals surface area contributed by atoms with Crippen molar-refractivity contribution in [2.45, 2.75) is 5.25 Å². The molecule has 4 nitrogen and oxygen atoms in total. The predicted octanol–water partition coefficient (Wildman–Crippen LogP) is 2.18. The molecule has 1 unspecified atom stereocenters. The summed E-state index contributed by atoms with van der Waals surface area (Å²) in [5, 5.41) is 1.32. The van der Waals surface area contributed by atoms with E-state index in [0.717, 1.165) is 16.4 Å². The van der Waals surface area contributed by atoms with Crippen LogP contribution in [0.3, 0.4) is 0 Å². The van der Waals surface area contributed by atoms with E-state index in [0.29, 0.717) is 0 Å². The number of nitrogens with two attached hydrogens (primary N) is 1. The minimum Gasteiger partial charge on any atom is -0.375 e. The van der Waals surface area contributed by atoms with Crippen molar-refractivity contribution in [1.82, 2.24) is 5.06 Å². The Morgan fingerprint density at radius 2 is 2.11 bits per heavy atom. The lowest BCUT2D eigenvalue weighted by molar-refractivity contribution is -0.116. The van der Waals surface area contributed by atoms with Crippen molar-refractivity contribution >= 4 is 17.7 Å². The molecule has 1 atom stereocenters. The van der Waals surface area contributed by atoms with Gasteiger partial charge in [-0.15, -0.1) is 11.8 Å². The Bertz CT molecular complexity index is 593. The van der Waals surface area contributed by atoms with Crippen molar-refractivity contribution in [3.8, 4) is 5.75 Å². The van der Waals surface area contributed by atoms with Gasteiger partial charge in [0.25, 0.3) is 0 Å². The van der Waals surface area contributed by atoms with E-state index in [1.165, 1.54) is 11.8 Å². The minimum atomic E-state index is -0.340. The van der Waals surface area contributed by atoms with Gasteiger partial charge < -0.3 is 10.6 Å². The molecule has 0 fully saturated rings. The van der Waals surface area contributed by atoms with Crippen LogP contribution in [0.4, 0.5) is 0 Å². The number of rotatable bonds is 3. The summed E-state index contributed by atoms with van der Waals surface area (Å²) in [4.78, 5) is 18.0. The summed E-state index contributed by atoms with van der Waals surface area (Å²) in [6.07, 6.45) is 7.47. The van der Waals surface area contributed by atoms with Gasteiger partial charge in [-0.3, -0.25) is 4.79 Å². The molecule has 1 aromatic rings. The standard InChI is InChI=1S/C14H12N2O2S/c15-14(17)13-9-11-12(19-13)7-4-8-16(11)18-10-5-2-1-3-6-10/h1-9,13H,(H2,15,17). The number of hydroxylamine groups is 2. The molecule has 2 aliphatic heterocycles. The summed E-state index contributed by atoms with van der Waals surface area (Å²) in [6, 6.07) is 9.49. The van der Waals surface area contributed by atoms with E-state index in [-0.39, 0.29) is 11.2 Å². The van der Waals surface area contributed by atoms with Gasteiger partial charge in [-0.05, 0) is 30.4 Å². The quantitative estimate of drug-likeness (QED) is 0.916. The number of primary amides is 1. The lowest BCUT2D eigenvalue weighted by Gasteiger charge is -2.24. The number of hydrogen-bond acceptors (Lipinski definition) is 4. The molecule has 96 valence electrons. The normalized spacial score (nSPS) is 20.6. The molecule has 5 heteroatoms. The second-order valence-electron chi connectivity index (χ2n) is 4.10. The van der Waals surface area contributed by atoms with Crippen molar-refractivity contribution in [2.75, 3.05) is 0 Å². The molecule has 1 aromatic carbocycles. The molecule has 0 aromatic heterocycles. The summed E-state index contributed by atoms with van der Waals surface area (Å²) in [5.74, 6) is 0.397. The first-order chi connectivity index (χ1) is 9.24. The number of thioether (sulfide) groups is 1. The predicted molar refractivity (Wildman–Crippen MR) is 74.8 cm³/mol. The highest BCUT2D eigenvalue weighted by Crippen LogP contribution is 2.40. The summed E-state index contributed by atoms with van der Waals surface area (Å²) < 4.78 is 0. The van der Waals surface area contributed by atoms with Crippen LogP contribution in [0.5, 0.6) is 5.75 Å². The summed E-state index contributed by atoms with van der Waals surface area (Å²) in [7, 11) is 0. The maximum absolute atomic E-state index is 11.3. The number of amides is 1. The monoisotopic (exact) mass is 272 g/mol. The molecule has 0 saturated carbocycles. The molecule has 2 heterocycles. The SMILES string of the molecule is NC(=O)C1C=C2C(=CC=CN2Oc2ccccc2)S1. The average Bonchev–Trinajstić information content (AvgIpc) is 2.85. The highest BCUT2D eigenvalue weighted by molar-refractivity contribution is 8.05. The Morgan fingerprint density at radius 1 is 1.32 bits per heavy atom. The van der Waals surface area contributed by atoms with E-state index in [4.69, 9.17) is 10.6 Å². The maximum atomic E-state index is 11.3. The number of allylic oxidation sites excluding steroid dienone is 2. The Morgan fingerprint density at radius 3 is 2.84 bits per heavy atom. The van der Waals surface area contributed by atoms with Gasteiger partial charge in [0.1, 0.15) is 5.25 Å². The van der Waals surface area contributed by atoms with Gasteiger partial charge in [0.05, 0.1) is 5.70 Å². The van der Waals surface area contributed by atoms with Crippen LogP contribution in [-0.4, -0.2) is 16.2 Å². The number of fused-ring (bicyclic) bond motifs is 1. The molecule has 0 saturated heterocycles. The van der Waals surface area contributed by atoms with Crippen LogP contribution in [0.25, 0.3) is 0 Å². The van der Waals surface area contributed by atoms with Crippen molar-refractivity contribution < 1.29 is 9.63 Å².